The topological polar surface area (TPSA) is 47.3 Å². The third-order valence-electron chi connectivity index (χ3n) is 3.01. The molecule has 0 unspecified atom stereocenters. The number of hydrogen-bond donors (Lipinski definition) is 0. The van der Waals surface area contributed by atoms with Crippen molar-refractivity contribution in [1.29, 1.82) is 0 Å². The van der Waals surface area contributed by atoms with Crippen molar-refractivity contribution in [2.45, 2.75) is 6.42 Å². The molecule has 2 aromatic heterocycles. The normalized spacial score (nSPS) is 10.9. The van der Waals surface area contributed by atoms with Crippen molar-refractivity contribution in [2.75, 3.05) is 0 Å². The molecule has 0 aliphatic carbocycles. The number of nitrogens with zero attached hydrogens (tertiary/aromatic N) is 3. The van der Waals surface area contributed by atoms with Crippen LogP contribution in [0.15, 0.2) is 43.0 Å². The van der Waals surface area contributed by atoms with Crippen molar-refractivity contribution in [3.63, 3.8) is 0 Å². The number of Topliss-reactive ketones (excluding diaryl/α,β-unsaturated/α-hetero) is 1. The molecule has 4 nitrogen and oxygen atoms in total. The lowest BCUT2D eigenvalue weighted by Crippen LogP contribution is -2.06. The molecule has 20 heavy (non-hydrogen) atoms. The van der Waals surface area contributed by atoms with Gasteiger partial charge in [0.15, 0.2) is 17.4 Å². The summed E-state index contributed by atoms with van der Waals surface area (Å²) >= 11 is 0. The largest absolute Gasteiger partial charge is 0.294 e. The van der Waals surface area contributed by atoms with E-state index in [2.05, 4.69) is 10.1 Å². The number of benzene rings is 1. The predicted molar refractivity (Wildman–Crippen MR) is 67.4 cm³/mol. The first kappa shape index (κ1) is 12.4. The highest BCUT2D eigenvalue weighted by atomic mass is 19.2. The molecule has 0 saturated carbocycles. The summed E-state index contributed by atoms with van der Waals surface area (Å²) in [4.78, 5) is 16.1. The van der Waals surface area contributed by atoms with Crippen molar-refractivity contribution in [3.8, 4) is 0 Å². The Labute approximate surface area is 112 Å². The molecule has 0 spiro atoms. The van der Waals surface area contributed by atoms with Gasteiger partial charge in [-0.05, 0) is 11.6 Å². The average molecular weight is 273 g/mol. The van der Waals surface area contributed by atoms with Crippen molar-refractivity contribution < 1.29 is 13.6 Å². The van der Waals surface area contributed by atoms with Gasteiger partial charge in [0.05, 0.1) is 23.5 Å². The summed E-state index contributed by atoms with van der Waals surface area (Å²) < 4.78 is 28.2. The lowest BCUT2D eigenvalue weighted by molar-refractivity contribution is 0.0993. The van der Waals surface area contributed by atoms with Gasteiger partial charge in [0.25, 0.3) is 0 Å². The molecule has 0 saturated heterocycles. The number of halogens is 2. The number of carbonyl (C=O) groups excluding carboxylic acids is 1. The number of carbonyl (C=O) groups is 1. The van der Waals surface area contributed by atoms with Gasteiger partial charge in [-0.25, -0.2) is 13.3 Å². The van der Waals surface area contributed by atoms with Crippen LogP contribution in [0, 0.1) is 11.6 Å². The summed E-state index contributed by atoms with van der Waals surface area (Å²) in [5.41, 5.74) is 0.898. The molecular formula is C14H9F2N3O. The van der Waals surface area contributed by atoms with Gasteiger partial charge in [-0.15, -0.1) is 0 Å². The Morgan fingerprint density at radius 2 is 2.10 bits per heavy atom. The van der Waals surface area contributed by atoms with E-state index in [0.29, 0.717) is 11.1 Å². The first-order valence-corrected chi connectivity index (χ1v) is 5.90. The van der Waals surface area contributed by atoms with Crippen molar-refractivity contribution in [3.05, 3.63) is 65.7 Å². The molecule has 1 aromatic carbocycles. The highest BCUT2D eigenvalue weighted by Gasteiger charge is 2.16. The van der Waals surface area contributed by atoms with E-state index >= 15 is 0 Å². The van der Waals surface area contributed by atoms with E-state index in [1.165, 1.54) is 29.0 Å². The van der Waals surface area contributed by atoms with Crippen LogP contribution in [-0.2, 0) is 6.42 Å². The van der Waals surface area contributed by atoms with E-state index in [0.717, 1.165) is 6.07 Å². The van der Waals surface area contributed by atoms with Gasteiger partial charge in [0.2, 0.25) is 0 Å². The fraction of sp³-hybridized carbons (Fsp3) is 0.0714. The van der Waals surface area contributed by atoms with Crippen LogP contribution in [-0.4, -0.2) is 20.4 Å². The molecule has 2 heterocycles. The zero-order valence-electron chi connectivity index (χ0n) is 10.3. The van der Waals surface area contributed by atoms with Gasteiger partial charge >= 0.3 is 0 Å². The average Bonchev–Trinajstić information content (AvgIpc) is 2.88. The van der Waals surface area contributed by atoms with E-state index in [4.69, 9.17) is 0 Å². The summed E-state index contributed by atoms with van der Waals surface area (Å²) in [7, 11) is 0. The second-order valence-electron chi connectivity index (χ2n) is 4.28. The summed E-state index contributed by atoms with van der Waals surface area (Å²) in [6, 6.07) is 3.78. The van der Waals surface area contributed by atoms with Gasteiger partial charge in [-0.2, -0.15) is 5.10 Å². The van der Waals surface area contributed by atoms with Gasteiger partial charge < -0.3 is 0 Å². The van der Waals surface area contributed by atoms with Crippen LogP contribution in [0.1, 0.15) is 15.9 Å². The predicted octanol–water partition coefficient (Wildman–Crippen LogP) is 2.43. The van der Waals surface area contributed by atoms with Crippen LogP contribution in [0.5, 0.6) is 0 Å². The molecule has 0 atom stereocenters. The lowest BCUT2D eigenvalue weighted by atomic mass is 10.0. The Bertz CT molecular complexity index is 798. The molecule has 0 N–H and O–H groups in total. The molecule has 100 valence electrons. The minimum atomic E-state index is -0.990. The number of ketones is 1. The van der Waals surface area contributed by atoms with E-state index in [1.54, 1.807) is 12.4 Å². The Hall–Kier alpha value is -2.63. The highest BCUT2D eigenvalue weighted by Crippen LogP contribution is 2.16. The monoisotopic (exact) mass is 273 g/mol. The molecule has 6 heteroatoms. The van der Waals surface area contributed by atoms with Gasteiger partial charge in [-0.3, -0.25) is 9.78 Å². The third kappa shape index (κ3) is 2.05. The van der Waals surface area contributed by atoms with E-state index in [9.17, 15) is 13.6 Å². The summed E-state index contributed by atoms with van der Waals surface area (Å²) in [5, 5.41) is 4.01. The third-order valence-corrected chi connectivity index (χ3v) is 3.01. The van der Waals surface area contributed by atoms with Gasteiger partial charge in [0.1, 0.15) is 0 Å². The van der Waals surface area contributed by atoms with Crippen molar-refractivity contribution in [2.24, 2.45) is 0 Å². The van der Waals surface area contributed by atoms with Crippen LogP contribution in [0.3, 0.4) is 0 Å². The molecule has 0 aliphatic heterocycles. The molecule has 0 amide bonds. The number of fused-ring (bicyclic) bond motifs is 1. The maximum atomic E-state index is 13.6. The van der Waals surface area contributed by atoms with Crippen LogP contribution in [0.25, 0.3) is 5.52 Å². The molecule has 0 aliphatic rings. The van der Waals surface area contributed by atoms with Crippen LogP contribution >= 0.6 is 0 Å². The Balaban J connectivity index is 1.95. The van der Waals surface area contributed by atoms with Crippen LogP contribution < -0.4 is 0 Å². The molecule has 0 fully saturated rings. The Morgan fingerprint density at radius 3 is 2.95 bits per heavy atom. The van der Waals surface area contributed by atoms with Crippen molar-refractivity contribution >= 4 is 11.3 Å². The lowest BCUT2D eigenvalue weighted by Gasteiger charge is -2.02. The minimum absolute atomic E-state index is 0.0261. The van der Waals surface area contributed by atoms with E-state index in [-0.39, 0.29) is 17.8 Å². The molecule has 0 bridgehead atoms. The minimum Gasteiger partial charge on any atom is -0.294 e. The second kappa shape index (κ2) is 4.80. The Morgan fingerprint density at radius 1 is 1.25 bits per heavy atom. The maximum absolute atomic E-state index is 13.6. The van der Waals surface area contributed by atoms with Crippen LogP contribution in [0.4, 0.5) is 8.78 Å². The van der Waals surface area contributed by atoms with E-state index in [1.807, 2.05) is 0 Å². The quantitative estimate of drug-likeness (QED) is 0.688. The van der Waals surface area contributed by atoms with Crippen molar-refractivity contribution in [1.82, 2.24) is 14.6 Å². The summed E-state index contributed by atoms with van der Waals surface area (Å²) in [5.74, 6) is -2.29. The second-order valence-corrected chi connectivity index (χ2v) is 4.28. The first-order valence-electron chi connectivity index (χ1n) is 5.90. The number of hydrogen-bond acceptors (Lipinski definition) is 3. The Kier molecular flexibility index (Phi) is 2.98. The fourth-order valence-electron chi connectivity index (χ4n) is 2.00. The van der Waals surface area contributed by atoms with Gasteiger partial charge in [-0.1, -0.05) is 12.1 Å². The van der Waals surface area contributed by atoms with Gasteiger partial charge in [0, 0.05) is 18.8 Å². The zero-order chi connectivity index (χ0) is 14.1. The maximum Gasteiger partial charge on any atom is 0.171 e. The molecule has 3 aromatic rings. The van der Waals surface area contributed by atoms with E-state index < -0.39 is 11.6 Å². The molecule has 3 rings (SSSR count). The number of rotatable bonds is 3. The summed E-state index contributed by atoms with van der Waals surface area (Å²) in [6.45, 7) is 0. The number of aromatic nitrogens is 3. The first-order chi connectivity index (χ1) is 9.66. The highest BCUT2D eigenvalue weighted by molar-refractivity contribution is 6.03. The SMILES string of the molecule is O=C(Cc1cccc(F)c1F)c1cnn2ccncc12. The zero-order valence-corrected chi connectivity index (χ0v) is 10.3. The van der Waals surface area contributed by atoms with Crippen LogP contribution in [0.2, 0.25) is 0 Å². The summed E-state index contributed by atoms with van der Waals surface area (Å²) in [6.07, 6.45) is 5.83. The fourth-order valence-corrected chi connectivity index (χ4v) is 2.00. The smallest absolute Gasteiger partial charge is 0.171 e. The molecule has 0 radical (unpaired) electrons. The molecular weight excluding hydrogens is 264 g/mol. The standard InChI is InChI=1S/C14H9F2N3O/c15-11-3-1-2-9(14(11)16)6-13(20)10-7-18-19-5-4-17-8-12(10)19/h1-5,7-8H,6H2.